The van der Waals surface area contributed by atoms with E-state index in [0.717, 1.165) is 44.1 Å². The van der Waals surface area contributed by atoms with E-state index < -0.39 is 5.91 Å². The maximum absolute atomic E-state index is 13.5. The topological polar surface area (TPSA) is 95.8 Å². The van der Waals surface area contributed by atoms with Gasteiger partial charge < -0.3 is 19.8 Å². The lowest BCUT2D eigenvalue weighted by molar-refractivity contribution is 0.0652. The molecule has 1 amide bonds. The summed E-state index contributed by atoms with van der Waals surface area (Å²) in [7, 11) is 0. The van der Waals surface area contributed by atoms with Crippen molar-refractivity contribution in [1.29, 1.82) is 0 Å². The van der Waals surface area contributed by atoms with Crippen molar-refractivity contribution in [2.45, 2.75) is 77.2 Å². The normalized spacial score (nSPS) is 14.9. The molecule has 3 rings (SSSR count). The van der Waals surface area contributed by atoms with Gasteiger partial charge in [-0.2, -0.15) is 4.98 Å². The molecule has 1 aliphatic rings. The number of ether oxygens (including phenoxy) is 1. The highest BCUT2D eigenvalue weighted by Gasteiger charge is 2.38. The fraction of sp³-hybridized carbons (Fsp3) is 0.577. The number of nitrogens with zero attached hydrogens (tertiary/aromatic N) is 3. The third kappa shape index (κ3) is 6.38. The van der Waals surface area contributed by atoms with Gasteiger partial charge in [-0.3, -0.25) is 4.79 Å². The van der Waals surface area contributed by atoms with E-state index in [1.165, 1.54) is 4.90 Å². The zero-order valence-corrected chi connectivity index (χ0v) is 22.2. The number of halogens is 2. The zero-order valence-electron chi connectivity index (χ0n) is 20.7. The standard InChI is InChI=1S/C26H35Cl2N3O4/c1-4-5-14-35-23-22(25(34)31(12-13-32)17(2)3)29-21(30-24(23)33)16-26(10-6-7-11-26)18-8-9-19(27)20(28)15-18/h8-9,15,17,32H,4-7,10-14,16H2,1-3H3,(H,29,30,33). The quantitative estimate of drug-likeness (QED) is 0.374. The van der Waals surface area contributed by atoms with Gasteiger partial charge >= 0.3 is 0 Å². The molecule has 2 N–H and O–H groups in total. The molecule has 0 unspecified atom stereocenters. The van der Waals surface area contributed by atoms with Crippen LogP contribution in [-0.2, 0) is 11.8 Å². The molecule has 7 nitrogen and oxygen atoms in total. The first-order valence-corrected chi connectivity index (χ1v) is 13.1. The van der Waals surface area contributed by atoms with Gasteiger partial charge in [-0.1, -0.05) is 55.5 Å². The van der Waals surface area contributed by atoms with Gasteiger partial charge in [-0.15, -0.1) is 0 Å². The second-order valence-corrected chi connectivity index (χ2v) is 10.3. The summed E-state index contributed by atoms with van der Waals surface area (Å²) in [4.78, 5) is 24.0. The summed E-state index contributed by atoms with van der Waals surface area (Å²) in [5, 5.41) is 21.3. The molecular formula is C26H35Cl2N3O4. The molecule has 0 radical (unpaired) electrons. The highest BCUT2D eigenvalue weighted by Crippen LogP contribution is 2.45. The molecule has 0 spiro atoms. The van der Waals surface area contributed by atoms with Crippen LogP contribution in [0.2, 0.25) is 10.0 Å². The molecule has 192 valence electrons. The monoisotopic (exact) mass is 523 g/mol. The Hall–Kier alpha value is -2.09. The summed E-state index contributed by atoms with van der Waals surface area (Å²) in [6, 6.07) is 5.50. The third-order valence-corrected chi connectivity index (χ3v) is 7.39. The Balaban J connectivity index is 2.04. The maximum atomic E-state index is 13.5. The van der Waals surface area contributed by atoms with Gasteiger partial charge in [-0.25, -0.2) is 4.98 Å². The molecule has 1 aliphatic carbocycles. The third-order valence-electron chi connectivity index (χ3n) is 6.66. The summed E-state index contributed by atoms with van der Waals surface area (Å²) >= 11 is 12.5. The average Bonchev–Trinajstić information content (AvgIpc) is 3.29. The second-order valence-electron chi connectivity index (χ2n) is 9.45. The molecule has 1 heterocycles. The van der Waals surface area contributed by atoms with Crippen molar-refractivity contribution in [3.63, 3.8) is 0 Å². The van der Waals surface area contributed by atoms with E-state index in [-0.39, 0.29) is 41.9 Å². The summed E-state index contributed by atoms with van der Waals surface area (Å²) < 4.78 is 5.78. The van der Waals surface area contributed by atoms with Gasteiger partial charge in [0.2, 0.25) is 5.75 Å². The molecule has 0 aliphatic heterocycles. The lowest BCUT2D eigenvalue weighted by atomic mass is 9.76. The lowest BCUT2D eigenvalue weighted by Crippen LogP contribution is -2.40. The number of rotatable bonds is 11. The van der Waals surface area contributed by atoms with Crippen LogP contribution in [0.3, 0.4) is 0 Å². The maximum Gasteiger partial charge on any atom is 0.276 e. The first kappa shape index (κ1) is 27.5. The highest BCUT2D eigenvalue weighted by molar-refractivity contribution is 6.42. The molecule has 2 aromatic rings. The number of unbranched alkanes of at least 4 members (excludes halogenated alkanes) is 1. The molecule has 0 bridgehead atoms. The second kappa shape index (κ2) is 12.2. The minimum atomic E-state index is -0.408. The van der Waals surface area contributed by atoms with Crippen molar-refractivity contribution in [1.82, 2.24) is 14.9 Å². The van der Waals surface area contributed by atoms with Crippen LogP contribution in [0, 0.1) is 0 Å². The van der Waals surface area contributed by atoms with Gasteiger partial charge in [-0.05, 0) is 50.8 Å². The van der Waals surface area contributed by atoms with Crippen LogP contribution in [0.15, 0.2) is 18.2 Å². The number of hydrogen-bond donors (Lipinski definition) is 2. The molecule has 1 aromatic carbocycles. The Morgan fingerprint density at radius 2 is 1.91 bits per heavy atom. The van der Waals surface area contributed by atoms with Crippen LogP contribution >= 0.6 is 23.2 Å². The van der Waals surface area contributed by atoms with Crippen LogP contribution in [0.1, 0.15) is 81.2 Å². The van der Waals surface area contributed by atoms with Crippen molar-refractivity contribution >= 4 is 29.1 Å². The first-order valence-electron chi connectivity index (χ1n) is 12.3. The smallest absolute Gasteiger partial charge is 0.276 e. The highest BCUT2D eigenvalue weighted by atomic mass is 35.5. The number of aromatic nitrogens is 2. The number of amides is 1. The fourth-order valence-corrected chi connectivity index (χ4v) is 5.04. The Labute approximate surface area is 217 Å². The van der Waals surface area contributed by atoms with Gasteiger partial charge in [0.05, 0.1) is 23.3 Å². The van der Waals surface area contributed by atoms with E-state index >= 15 is 0 Å². The Morgan fingerprint density at radius 1 is 1.20 bits per heavy atom. The molecule has 1 fully saturated rings. The van der Waals surface area contributed by atoms with E-state index in [9.17, 15) is 15.0 Å². The van der Waals surface area contributed by atoms with Crippen LogP contribution in [-0.4, -0.2) is 56.8 Å². The van der Waals surface area contributed by atoms with E-state index in [1.807, 2.05) is 32.9 Å². The van der Waals surface area contributed by atoms with Crippen molar-refractivity contribution < 1.29 is 19.7 Å². The number of hydrogen-bond acceptors (Lipinski definition) is 6. The van der Waals surface area contributed by atoms with E-state index in [0.29, 0.717) is 28.9 Å². The average molecular weight is 524 g/mol. The van der Waals surface area contributed by atoms with Crippen molar-refractivity contribution in [3.05, 3.63) is 45.3 Å². The molecule has 0 atom stereocenters. The van der Waals surface area contributed by atoms with Gasteiger partial charge in [0.25, 0.3) is 11.8 Å². The molecule has 1 saturated carbocycles. The lowest BCUT2D eigenvalue weighted by Gasteiger charge is -2.30. The molecule has 9 heteroatoms. The largest absolute Gasteiger partial charge is 0.491 e. The molecule has 35 heavy (non-hydrogen) atoms. The van der Waals surface area contributed by atoms with Gasteiger partial charge in [0.15, 0.2) is 5.69 Å². The van der Waals surface area contributed by atoms with Crippen LogP contribution < -0.4 is 4.74 Å². The summed E-state index contributed by atoms with van der Waals surface area (Å²) in [5.74, 6) is -0.390. The van der Waals surface area contributed by atoms with E-state index in [1.54, 1.807) is 6.07 Å². The fourth-order valence-electron chi connectivity index (χ4n) is 4.75. The molecular weight excluding hydrogens is 489 g/mol. The van der Waals surface area contributed by atoms with Crippen molar-refractivity contribution in [2.75, 3.05) is 19.8 Å². The SMILES string of the molecule is CCCCOc1c(O)nc(CC2(c3ccc(Cl)c(Cl)c3)CCCC2)nc1C(=O)N(CCO)C(C)C. The van der Waals surface area contributed by atoms with E-state index in [4.69, 9.17) is 27.9 Å². The van der Waals surface area contributed by atoms with E-state index in [2.05, 4.69) is 9.97 Å². The number of carbonyl (C=O) groups excluding carboxylic acids is 1. The predicted octanol–water partition coefficient (Wildman–Crippen LogP) is 5.57. The summed E-state index contributed by atoms with van der Waals surface area (Å²) in [6.07, 6.45) is 6.03. The Bertz CT molecular complexity index is 1030. The van der Waals surface area contributed by atoms with Crippen LogP contribution in [0.5, 0.6) is 11.6 Å². The zero-order chi connectivity index (χ0) is 25.6. The Kier molecular flexibility index (Phi) is 9.62. The molecule has 1 aromatic heterocycles. The Morgan fingerprint density at radius 3 is 2.51 bits per heavy atom. The van der Waals surface area contributed by atoms with Crippen molar-refractivity contribution in [2.24, 2.45) is 0 Å². The number of aliphatic hydroxyl groups is 1. The summed E-state index contributed by atoms with van der Waals surface area (Å²) in [6.45, 7) is 6.07. The summed E-state index contributed by atoms with van der Waals surface area (Å²) in [5.41, 5.74) is 0.801. The minimum Gasteiger partial charge on any atom is -0.491 e. The number of aliphatic hydroxyl groups excluding tert-OH is 1. The number of aromatic hydroxyl groups is 1. The first-order chi connectivity index (χ1) is 16.7. The van der Waals surface area contributed by atoms with Crippen LogP contribution in [0.4, 0.5) is 0 Å². The number of carbonyl (C=O) groups is 1. The van der Waals surface area contributed by atoms with Crippen molar-refractivity contribution in [3.8, 4) is 11.6 Å². The van der Waals surface area contributed by atoms with Gasteiger partial charge in [0, 0.05) is 24.4 Å². The van der Waals surface area contributed by atoms with Crippen LogP contribution in [0.25, 0.3) is 0 Å². The molecule has 0 saturated heterocycles. The number of benzene rings is 1. The van der Waals surface area contributed by atoms with Gasteiger partial charge in [0.1, 0.15) is 5.82 Å². The predicted molar refractivity (Wildman–Crippen MR) is 138 cm³/mol. The minimum absolute atomic E-state index is 0.00852.